The quantitative estimate of drug-likeness (QED) is 0.821. The minimum absolute atomic E-state index is 0.0382. The molecule has 152 valence electrons. The maximum absolute atomic E-state index is 14.5. The third-order valence-electron chi connectivity index (χ3n) is 5.24. The number of rotatable bonds is 4. The Bertz CT molecular complexity index is 984. The van der Waals surface area contributed by atoms with Gasteiger partial charge in [-0.2, -0.15) is 5.10 Å². The van der Waals surface area contributed by atoms with Crippen molar-refractivity contribution in [1.29, 1.82) is 0 Å². The lowest BCUT2D eigenvalue weighted by molar-refractivity contribution is -0.136. The topological polar surface area (TPSA) is 67.9 Å². The van der Waals surface area contributed by atoms with Crippen LogP contribution in [0.2, 0.25) is 0 Å². The van der Waals surface area contributed by atoms with Gasteiger partial charge in [-0.1, -0.05) is 36.9 Å². The molecule has 0 aromatic heterocycles. The molecule has 2 aromatic carbocycles. The molecular formula is C21H21F2N3O2S. The Balaban J connectivity index is 1.90. The number of fused-ring (bicyclic) bond motifs is 2. The summed E-state index contributed by atoms with van der Waals surface area (Å²) in [5.41, 5.74) is 6.68. The number of thioether (sulfide) groups is 1. The molecule has 0 bridgehead atoms. The van der Waals surface area contributed by atoms with E-state index in [1.54, 1.807) is 6.92 Å². The molecule has 0 fully saturated rings. The number of amides is 1. The number of para-hydroxylation sites is 1. The highest BCUT2D eigenvalue weighted by atomic mass is 32.2. The van der Waals surface area contributed by atoms with Gasteiger partial charge in [0.25, 0.3) is 0 Å². The summed E-state index contributed by atoms with van der Waals surface area (Å²) in [5.74, 6) is -0.874. The average Bonchev–Trinajstić information content (AvgIpc) is 3.12. The molecular weight excluding hydrogens is 396 g/mol. The summed E-state index contributed by atoms with van der Waals surface area (Å²) < 4.78 is 34.3. The normalized spacial score (nSPS) is 23.0. The van der Waals surface area contributed by atoms with E-state index in [0.717, 1.165) is 23.8 Å². The van der Waals surface area contributed by atoms with Crippen LogP contribution >= 0.6 is 11.8 Å². The van der Waals surface area contributed by atoms with E-state index in [-0.39, 0.29) is 28.9 Å². The summed E-state index contributed by atoms with van der Waals surface area (Å²) in [4.78, 5) is 12.0. The van der Waals surface area contributed by atoms with Gasteiger partial charge in [-0.15, -0.1) is 0 Å². The van der Waals surface area contributed by atoms with Crippen LogP contribution in [0.25, 0.3) is 0 Å². The lowest BCUT2D eigenvalue weighted by atomic mass is 9.86. The fourth-order valence-electron chi connectivity index (χ4n) is 3.85. The molecule has 0 saturated heterocycles. The van der Waals surface area contributed by atoms with Crippen molar-refractivity contribution in [2.24, 2.45) is 16.8 Å². The molecule has 29 heavy (non-hydrogen) atoms. The van der Waals surface area contributed by atoms with Crippen LogP contribution in [-0.4, -0.2) is 29.1 Å². The molecule has 2 aromatic rings. The second-order valence-electron chi connectivity index (χ2n) is 6.97. The van der Waals surface area contributed by atoms with Crippen LogP contribution in [0.3, 0.4) is 0 Å². The zero-order valence-corrected chi connectivity index (χ0v) is 16.7. The number of nitrogens with two attached hydrogens (primary N) is 1. The third-order valence-corrected chi connectivity index (χ3v) is 6.77. The van der Waals surface area contributed by atoms with Crippen molar-refractivity contribution >= 4 is 22.7 Å². The van der Waals surface area contributed by atoms with E-state index in [1.165, 1.54) is 16.8 Å². The van der Waals surface area contributed by atoms with Crippen molar-refractivity contribution in [2.45, 2.75) is 24.6 Å². The molecule has 2 aliphatic heterocycles. The molecule has 0 saturated carbocycles. The molecule has 2 aliphatic rings. The number of carbonyl (C=O) groups excluding carboxylic acids is 1. The van der Waals surface area contributed by atoms with Crippen LogP contribution in [0, 0.1) is 17.6 Å². The summed E-state index contributed by atoms with van der Waals surface area (Å²) in [6.45, 7) is 2.50. The summed E-state index contributed by atoms with van der Waals surface area (Å²) >= 11 is 1.27. The van der Waals surface area contributed by atoms with Crippen LogP contribution in [0.1, 0.15) is 30.9 Å². The SMILES string of the molecule is CCC(=O)N1N=C(c2cc(F)ccc2F)SC12c1ccccc1OCC2CCN. The van der Waals surface area contributed by atoms with Gasteiger partial charge in [0.1, 0.15) is 22.4 Å². The lowest BCUT2D eigenvalue weighted by Crippen LogP contribution is -2.51. The molecule has 2 heterocycles. The number of hydrogen-bond acceptors (Lipinski definition) is 5. The number of benzene rings is 2. The minimum atomic E-state index is -0.921. The molecule has 2 atom stereocenters. The Morgan fingerprint density at radius 1 is 1.34 bits per heavy atom. The van der Waals surface area contributed by atoms with Gasteiger partial charge in [0, 0.05) is 23.5 Å². The molecule has 2 N–H and O–H groups in total. The summed E-state index contributed by atoms with van der Waals surface area (Å²) in [5, 5.41) is 6.20. The van der Waals surface area contributed by atoms with Crippen molar-refractivity contribution in [3.63, 3.8) is 0 Å². The Hall–Kier alpha value is -2.45. The fourth-order valence-corrected chi connectivity index (χ4v) is 5.40. The average molecular weight is 417 g/mol. The van der Waals surface area contributed by atoms with Crippen LogP contribution in [0.15, 0.2) is 47.6 Å². The van der Waals surface area contributed by atoms with E-state index in [4.69, 9.17) is 10.5 Å². The van der Waals surface area contributed by atoms with E-state index < -0.39 is 16.5 Å². The Morgan fingerprint density at radius 2 is 2.14 bits per heavy atom. The summed E-state index contributed by atoms with van der Waals surface area (Å²) in [6, 6.07) is 10.7. The Labute approximate surface area is 171 Å². The fraction of sp³-hybridized carbons (Fsp3) is 0.333. The van der Waals surface area contributed by atoms with Crippen molar-refractivity contribution in [3.05, 3.63) is 65.2 Å². The first-order valence-electron chi connectivity index (χ1n) is 9.49. The van der Waals surface area contributed by atoms with Gasteiger partial charge < -0.3 is 10.5 Å². The van der Waals surface area contributed by atoms with Gasteiger partial charge in [0.05, 0.1) is 6.61 Å². The largest absolute Gasteiger partial charge is 0.493 e. The molecule has 0 radical (unpaired) electrons. The number of ether oxygens (including phenoxy) is 1. The molecule has 2 unspecified atom stereocenters. The molecule has 5 nitrogen and oxygen atoms in total. The summed E-state index contributed by atoms with van der Waals surface area (Å²) in [7, 11) is 0. The van der Waals surface area contributed by atoms with E-state index in [0.29, 0.717) is 25.3 Å². The first-order valence-corrected chi connectivity index (χ1v) is 10.3. The lowest BCUT2D eigenvalue weighted by Gasteiger charge is -2.45. The minimum Gasteiger partial charge on any atom is -0.493 e. The second kappa shape index (κ2) is 7.76. The monoisotopic (exact) mass is 417 g/mol. The van der Waals surface area contributed by atoms with Gasteiger partial charge in [-0.3, -0.25) is 4.79 Å². The van der Waals surface area contributed by atoms with Crippen molar-refractivity contribution in [1.82, 2.24) is 5.01 Å². The van der Waals surface area contributed by atoms with Crippen molar-refractivity contribution in [2.75, 3.05) is 13.2 Å². The van der Waals surface area contributed by atoms with Gasteiger partial charge >= 0.3 is 0 Å². The van der Waals surface area contributed by atoms with Crippen LogP contribution in [0.5, 0.6) is 5.75 Å². The Kier molecular flexibility index (Phi) is 5.31. The number of halogens is 2. The van der Waals surface area contributed by atoms with Gasteiger partial charge in [-0.05, 0) is 37.2 Å². The number of hydrazone groups is 1. The maximum atomic E-state index is 14.5. The molecule has 1 amide bonds. The summed E-state index contributed by atoms with van der Waals surface area (Å²) in [6.07, 6.45) is 0.812. The highest BCUT2D eigenvalue weighted by molar-refractivity contribution is 8.15. The van der Waals surface area contributed by atoms with Crippen LogP contribution in [-0.2, 0) is 9.67 Å². The van der Waals surface area contributed by atoms with Crippen LogP contribution in [0.4, 0.5) is 8.78 Å². The maximum Gasteiger partial charge on any atom is 0.244 e. The molecule has 0 aliphatic carbocycles. The number of nitrogens with zero attached hydrogens (tertiary/aromatic N) is 2. The Morgan fingerprint density at radius 3 is 2.90 bits per heavy atom. The van der Waals surface area contributed by atoms with E-state index in [2.05, 4.69) is 5.10 Å². The smallest absolute Gasteiger partial charge is 0.244 e. The number of carbonyl (C=O) groups is 1. The van der Waals surface area contributed by atoms with Gasteiger partial charge in [0.2, 0.25) is 5.91 Å². The standard InChI is InChI=1S/C21H21F2N3O2S/c1-2-19(27)26-21(29-20(25-26)15-11-14(22)7-8-17(15)23)13(9-10-24)12-28-18-6-4-3-5-16(18)21/h3-8,11,13H,2,9-10,12,24H2,1H3. The second-order valence-corrected chi connectivity index (χ2v) is 8.18. The predicted molar refractivity (Wildman–Crippen MR) is 108 cm³/mol. The molecule has 8 heteroatoms. The van der Waals surface area contributed by atoms with E-state index in [9.17, 15) is 13.6 Å². The van der Waals surface area contributed by atoms with Gasteiger partial charge in [0.15, 0.2) is 4.87 Å². The zero-order valence-electron chi connectivity index (χ0n) is 15.9. The highest BCUT2D eigenvalue weighted by Crippen LogP contribution is 2.57. The van der Waals surface area contributed by atoms with E-state index >= 15 is 0 Å². The van der Waals surface area contributed by atoms with Gasteiger partial charge in [-0.25, -0.2) is 13.8 Å². The van der Waals surface area contributed by atoms with E-state index in [1.807, 2.05) is 24.3 Å². The molecule has 1 spiro atoms. The highest BCUT2D eigenvalue weighted by Gasteiger charge is 2.56. The first-order chi connectivity index (χ1) is 14.0. The molecule has 4 rings (SSSR count). The zero-order chi connectivity index (χ0) is 20.6. The first kappa shape index (κ1) is 19.8. The van der Waals surface area contributed by atoms with Crippen molar-refractivity contribution in [3.8, 4) is 5.75 Å². The number of hydrogen-bond donors (Lipinski definition) is 1. The van der Waals surface area contributed by atoms with Crippen molar-refractivity contribution < 1.29 is 18.3 Å². The third kappa shape index (κ3) is 3.20. The predicted octanol–water partition coefficient (Wildman–Crippen LogP) is 3.82. The van der Waals surface area contributed by atoms with Crippen LogP contribution < -0.4 is 10.5 Å².